The molecule has 0 aliphatic carbocycles. The third-order valence-electron chi connectivity index (χ3n) is 2.46. The molecule has 0 radical (unpaired) electrons. The summed E-state index contributed by atoms with van der Waals surface area (Å²) in [5, 5.41) is 0. The molecule has 3 nitrogen and oxygen atoms in total. The van der Waals surface area contributed by atoms with Gasteiger partial charge in [-0.05, 0) is 32.0 Å². The van der Waals surface area contributed by atoms with Crippen LogP contribution in [0.2, 0.25) is 0 Å². The molecule has 1 aromatic carbocycles. The van der Waals surface area contributed by atoms with Crippen LogP contribution in [0.15, 0.2) is 18.2 Å². The summed E-state index contributed by atoms with van der Waals surface area (Å²) in [7, 11) is 0. The summed E-state index contributed by atoms with van der Waals surface area (Å²) in [5.74, 6) is -1.95. The summed E-state index contributed by atoms with van der Waals surface area (Å²) < 4.78 is 26.1. The minimum Gasteiger partial charge on any atom is -0.339 e. The minimum atomic E-state index is -0.832. The van der Waals surface area contributed by atoms with Crippen molar-refractivity contribution in [2.24, 2.45) is 5.73 Å². The van der Waals surface area contributed by atoms with Crippen LogP contribution in [0.25, 0.3) is 0 Å². The SMILES string of the molecule is CCN(CCCN)C(=O)c1ccc(F)cc1F. The number of halogens is 2. The summed E-state index contributed by atoms with van der Waals surface area (Å²) in [4.78, 5) is 13.4. The molecule has 0 saturated carbocycles. The van der Waals surface area contributed by atoms with E-state index in [1.54, 1.807) is 6.92 Å². The Bertz CT molecular complexity index is 396. The van der Waals surface area contributed by atoms with Gasteiger partial charge in [-0.1, -0.05) is 0 Å². The van der Waals surface area contributed by atoms with Crippen LogP contribution in [0, 0.1) is 11.6 Å². The van der Waals surface area contributed by atoms with E-state index in [0.29, 0.717) is 32.1 Å². The van der Waals surface area contributed by atoms with E-state index in [2.05, 4.69) is 0 Å². The zero-order valence-electron chi connectivity index (χ0n) is 9.75. The van der Waals surface area contributed by atoms with E-state index < -0.39 is 17.5 Å². The van der Waals surface area contributed by atoms with Gasteiger partial charge in [-0.2, -0.15) is 0 Å². The van der Waals surface area contributed by atoms with Crippen LogP contribution in [-0.4, -0.2) is 30.4 Å². The number of benzene rings is 1. The molecule has 0 aliphatic rings. The largest absolute Gasteiger partial charge is 0.339 e. The molecule has 5 heteroatoms. The highest BCUT2D eigenvalue weighted by Crippen LogP contribution is 2.12. The van der Waals surface area contributed by atoms with E-state index in [1.165, 1.54) is 4.90 Å². The molecule has 0 heterocycles. The lowest BCUT2D eigenvalue weighted by Gasteiger charge is -2.20. The molecule has 0 aliphatic heterocycles. The van der Waals surface area contributed by atoms with Gasteiger partial charge in [-0.3, -0.25) is 4.79 Å². The van der Waals surface area contributed by atoms with Crippen molar-refractivity contribution in [1.82, 2.24) is 4.90 Å². The predicted molar refractivity (Wildman–Crippen MR) is 61.6 cm³/mol. The Labute approximate surface area is 99.2 Å². The number of amides is 1. The normalized spacial score (nSPS) is 10.4. The highest BCUT2D eigenvalue weighted by molar-refractivity contribution is 5.94. The second kappa shape index (κ2) is 6.30. The standard InChI is InChI=1S/C12H16F2N2O/c1-2-16(7-3-6-15)12(17)10-5-4-9(13)8-11(10)14/h4-5,8H,2-3,6-7,15H2,1H3. The summed E-state index contributed by atoms with van der Waals surface area (Å²) in [6, 6.07) is 2.95. The van der Waals surface area contributed by atoms with Gasteiger partial charge in [0.1, 0.15) is 11.6 Å². The minimum absolute atomic E-state index is 0.106. The Morgan fingerprint density at radius 3 is 2.65 bits per heavy atom. The zero-order chi connectivity index (χ0) is 12.8. The van der Waals surface area contributed by atoms with Crippen molar-refractivity contribution < 1.29 is 13.6 Å². The van der Waals surface area contributed by atoms with E-state index >= 15 is 0 Å². The highest BCUT2D eigenvalue weighted by Gasteiger charge is 2.17. The van der Waals surface area contributed by atoms with Crippen molar-refractivity contribution in [1.29, 1.82) is 0 Å². The van der Waals surface area contributed by atoms with Crippen LogP contribution in [-0.2, 0) is 0 Å². The third-order valence-corrected chi connectivity index (χ3v) is 2.46. The molecule has 1 rings (SSSR count). The second-order valence-electron chi connectivity index (χ2n) is 3.65. The van der Waals surface area contributed by atoms with Crippen molar-refractivity contribution in [2.75, 3.05) is 19.6 Å². The van der Waals surface area contributed by atoms with Crippen molar-refractivity contribution >= 4 is 5.91 Å². The van der Waals surface area contributed by atoms with Gasteiger partial charge in [0.05, 0.1) is 5.56 Å². The Morgan fingerprint density at radius 2 is 2.12 bits per heavy atom. The van der Waals surface area contributed by atoms with Crippen LogP contribution < -0.4 is 5.73 Å². The van der Waals surface area contributed by atoms with Gasteiger partial charge in [-0.25, -0.2) is 8.78 Å². The number of hydrogen-bond acceptors (Lipinski definition) is 2. The fourth-order valence-electron chi connectivity index (χ4n) is 1.52. The lowest BCUT2D eigenvalue weighted by molar-refractivity contribution is 0.0759. The van der Waals surface area contributed by atoms with Crippen molar-refractivity contribution in [3.05, 3.63) is 35.4 Å². The fourth-order valence-corrected chi connectivity index (χ4v) is 1.52. The van der Waals surface area contributed by atoms with Crippen LogP contribution >= 0.6 is 0 Å². The average Bonchev–Trinajstić information content (AvgIpc) is 2.29. The van der Waals surface area contributed by atoms with Gasteiger partial charge in [0.2, 0.25) is 0 Å². The van der Waals surface area contributed by atoms with E-state index in [4.69, 9.17) is 5.73 Å². The first-order valence-corrected chi connectivity index (χ1v) is 5.54. The zero-order valence-corrected chi connectivity index (χ0v) is 9.75. The van der Waals surface area contributed by atoms with E-state index in [-0.39, 0.29) is 5.56 Å². The van der Waals surface area contributed by atoms with Gasteiger partial charge < -0.3 is 10.6 Å². The first-order chi connectivity index (χ1) is 8.10. The van der Waals surface area contributed by atoms with Crippen molar-refractivity contribution in [2.45, 2.75) is 13.3 Å². The molecule has 2 N–H and O–H groups in total. The quantitative estimate of drug-likeness (QED) is 0.855. The maximum Gasteiger partial charge on any atom is 0.256 e. The molecular formula is C12H16F2N2O. The molecule has 0 saturated heterocycles. The Hall–Kier alpha value is -1.49. The van der Waals surface area contributed by atoms with E-state index in [0.717, 1.165) is 12.1 Å². The Morgan fingerprint density at radius 1 is 1.41 bits per heavy atom. The monoisotopic (exact) mass is 242 g/mol. The first-order valence-electron chi connectivity index (χ1n) is 5.54. The third kappa shape index (κ3) is 3.49. The van der Waals surface area contributed by atoms with Crippen LogP contribution in [0.1, 0.15) is 23.7 Å². The molecule has 0 spiro atoms. The highest BCUT2D eigenvalue weighted by atomic mass is 19.1. The topological polar surface area (TPSA) is 46.3 Å². The second-order valence-corrected chi connectivity index (χ2v) is 3.65. The van der Waals surface area contributed by atoms with E-state index in [1.807, 2.05) is 0 Å². The number of nitrogens with two attached hydrogens (primary N) is 1. The molecule has 0 aromatic heterocycles. The number of nitrogens with zero attached hydrogens (tertiary/aromatic N) is 1. The average molecular weight is 242 g/mol. The summed E-state index contributed by atoms with van der Waals surface area (Å²) in [6.45, 7) is 3.21. The van der Waals surface area contributed by atoms with Crippen molar-refractivity contribution in [3.63, 3.8) is 0 Å². The maximum atomic E-state index is 13.4. The predicted octanol–water partition coefficient (Wildman–Crippen LogP) is 1.78. The van der Waals surface area contributed by atoms with Crippen LogP contribution in [0.5, 0.6) is 0 Å². The molecular weight excluding hydrogens is 226 g/mol. The molecule has 94 valence electrons. The van der Waals surface area contributed by atoms with E-state index in [9.17, 15) is 13.6 Å². The molecule has 0 atom stereocenters. The van der Waals surface area contributed by atoms with Gasteiger partial charge in [0, 0.05) is 19.2 Å². The van der Waals surface area contributed by atoms with Gasteiger partial charge in [-0.15, -0.1) is 0 Å². The maximum absolute atomic E-state index is 13.4. The smallest absolute Gasteiger partial charge is 0.256 e. The van der Waals surface area contributed by atoms with Crippen LogP contribution in [0.4, 0.5) is 8.78 Å². The Balaban J connectivity index is 2.86. The summed E-state index contributed by atoms with van der Waals surface area (Å²) in [6.07, 6.45) is 0.655. The molecule has 17 heavy (non-hydrogen) atoms. The molecule has 0 bridgehead atoms. The molecule has 0 fully saturated rings. The number of carbonyl (C=O) groups is 1. The molecule has 0 unspecified atom stereocenters. The van der Waals surface area contributed by atoms with Gasteiger partial charge in [0.25, 0.3) is 5.91 Å². The number of carbonyl (C=O) groups excluding carboxylic acids is 1. The molecule has 1 aromatic rings. The van der Waals surface area contributed by atoms with Gasteiger partial charge >= 0.3 is 0 Å². The summed E-state index contributed by atoms with van der Waals surface area (Å²) >= 11 is 0. The lowest BCUT2D eigenvalue weighted by atomic mass is 10.1. The van der Waals surface area contributed by atoms with Crippen molar-refractivity contribution in [3.8, 4) is 0 Å². The fraction of sp³-hybridized carbons (Fsp3) is 0.417. The first kappa shape index (κ1) is 13.6. The number of rotatable bonds is 5. The molecule has 1 amide bonds. The summed E-state index contributed by atoms with van der Waals surface area (Å²) in [5.41, 5.74) is 5.25. The Kier molecular flexibility index (Phi) is 5.03. The van der Waals surface area contributed by atoms with Gasteiger partial charge in [0.15, 0.2) is 0 Å². The number of hydrogen-bond donors (Lipinski definition) is 1. The van der Waals surface area contributed by atoms with Crippen LogP contribution in [0.3, 0.4) is 0 Å². The lowest BCUT2D eigenvalue weighted by Crippen LogP contribution is -2.33.